The molecule has 24 heavy (non-hydrogen) atoms. The lowest BCUT2D eigenvalue weighted by Gasteiger charge is -2.31. The van der Waals surface area contributed by atoms with E-state index in [4.69, 9.17) is 4.98 Å². The second kappa shape index (κ2) is 6.48. The van der Waals surface area contributed by atoms with Gasteiger partial charge in [-0.2, -0.15) is 0 Å². The number of benzene rings is 1. The van der Waals surface area contributed by atoms with E-state index in [1.165, 1.54) is 19.3 Å². The van der Waals surface area contributed by atoms with Crippen LogP contribution in [0, 0.1) is 0 Å². The maximum atomic E-state index is 12.0. The predicted molar refractivity (Wildman–Crippen MR) is 96.0 cm³/mol. The van der Waals surface area contributed by atoms with Crippen LogP contribution in [0.5, 0.6) is 0 Å². The monoisotopic (exact) mass is 319 g/mol. The molecule has 2 aromatic heterocycles. The largest absolute Gasteiger partial charge is 0.296 e. The van der Waals surface area contributed by atoms with Gasteiger partial charge in [0.2, 0.25) is 6.41 Å². The van der Waals surface area contributed by atoms with Gasteiger partial charge in [0.25, 0.3) is 0 Å². The van der Waals surface area contributed by atoms with Crippen LogP contribution in [-0.4, -0.2) is 21.8 Å². The van der Waals surface area contributed by atoms with Gasteiger partial charge in [-0.25, -0.2) is 4.98 Å². The zero-order valence-electron chi connectivity index (χ0n) is 13.6. The van der Waals surface area contributed by atoms with Crippen molar-refractivity contribution in [2.75, 3.05) is 4.90 Å². The van der Waals surface area contributed by atoms with Gasteiger partial charge in [-0.3, -0.25) is 14.1 Å². The Balaban J connectivity index is 1.89. The number of aromatic nitrogens is 2. The molecule has 4 rings (SSSR count). The van der Waals surface area contributed by atoms with Gasteiger partial charge in [-0.15, -0.1) is 0 Å². The van der Waals surface area contributed by atoms with E-state index >= 15 is 0 Å². The van der Waals surface area contributed by atoms with E-state index in [2.05, 4.69) is 12.1 Å². The van der Waals surface area contributed by atoms with Gasteiger partial charge in [-0.1, -0.05) is 55.7 Å². The number of carbonyl (C=O) groups excluding carboxylic acids is 1. The maximum absolute atomic E-state index is 12.0. The third kappa shape index (κ3) is 2.58. The van der Waals surface area contributed by atoms with Crippen molar-refractivity contribution >= 4 is 17.9 Å². The molecule has 0 atom stereocenters. The number of hydrogen-bond donors (Lipinski definition) is 0. The Hall–Kier alpha value is -2.62. The first-order valence-corrected chi connectivity index (χ1v) is 8.64. The molecule has 1 aliphatic rings. The zero-order valence-corrected chi connectivity index (χ0v) is 13.6. The lowest BCUT2D eigenvalue weighted by molar-refractivity contribution is -0.108. The lowest BCUT2D eigenvalue weighted by Crippen LogP contribution is -2.36. The molecule has 1 fully saturated rings. The summed E-state index contributed by atoms with van der Waals surface area (Å²) in [6.45, 7) is 0. The van der Waals surface area contributed by atoms with E-state index in [9.17, 15) is 4.79 Å². The molecule has 0 aliphatic heterocycles. The Labute approximate surface area is 141 Å². The van der Waals surface area contributed by atoms with Crippen molar-refractivity contribution in [3.8, 4) is 11.3 Å². The van der Waals surface area contributed by atoms with E-state index < -0.39 is 0 Å². The molecule has 1 aromatic carbocycles. The summed E-state index contributed by atoms with van der Waals surface area (Å²) in [5.74, 6) is 0.888. The molecule has 0 N–H and O–H groups in total. The topological polar surface area (TPSA) is 37.6 Å². The Morgan fingerprint density at radius 2 is 1.75 bits per heavy atom. The Bertz CT molecular complexity index is 834. The summed E-state index contributed by atoms with van der Waals surface area (Å²) < 4.78 is 2.03. The standard InChI is InChI=1S/C20H21N3O/c24-15-23(17-11-5-2-6-12-17)20-19(16-9-3-1-4-10-16)21-18-13-7-8-14-22(18)20/h1,3-4,7-10,13-15,17H,2,5-6,11-12H2. The van der Waals surface area contributed by atoms with Crippen molar-refractivity contribution in [3.05, 3.63) is 54.7 Å². The molecule has 1 amide bonds. The molecular formula is C20H21N3O. The molecule has 2 heterocycles. The minimum Gasteiger partial charge on any atom is -0.296 e. The van der Waals surface area contributed by atoms with Crippen molar-refractivity contribution in [1.82, 2.24) is 9.38 Å². The average molecular weight is 319 g/mol. The van der Waals surface area contributed by atoms with Crippen LogP contribution in [0.2, 0.25) is 0 Å². The molecule has 1 aliphatic carbocycles. The van der Waals surface area contributed by atoms with Crippen LogP contribution in [0.3, 0.4) is 0 Å². The predicted octanol–water partition coefficient (Wildman–Crippen LogP) is 4.30. The highest BCUT2D eigenvalue weighted by molar-refractivity contribution is 5.86. The van der Waals surface area contributed by atoms with E-state index in [0.717, 1.165) is 42.0 Å². The van der Waals surface area contributed by atoms with Crippen molar-refractivity contribution in [3.63, 3.8) is 0 Å². The van der Waals surface area contributed by atoms with Crippen molar-refractivity contribution < 1.29 is 4.79 Å². The first-order valence-electron chi connectivity index (χ1n) is 8.64. The number of anilines is 1. The highest BCUT2D eigenvalue weighted by atomic mass is 16.1. The molecule has 122 valence electrons. The number of carbonyl (C=O) groups is 1. The molecule has 0 radical (unpaired) electrons. The summed E-state index contributed by atoms with van der Waals surface area (Å²) in [5, 5.41) is 0. The van der Waals surface area contributed by atoms with Crippen LogP contribution in [0.25, 0.3) is 16.9 Å². The van der Waals surface area contributed by atoms with Gasteiger partial charge in [0.05, 0.1) is 0 Å². The van der Waals surface area contributed by atoms with Gasteiger partial charge in [0.1, 0.15) is 17.2 Å². The van der Waals surface area contributed by atoms with E-state index in [0.29, 0.717) is 0 Å². The third-order valence-corrected chi connectivity index (χ3v) is 4.88. The quantitative estimate of drug-likeness (QED) is 0.673. The third-order valence-electron chi connectivity index (χ3n) is 4.88. The van der Waals surface area contributed by atoms with Gasteiger partial charge >= 0.3 is 0 Å². The van der Waals surface area contributed by atoms with Crippen LogP contribution < -0.4 is 4.90 Å². The first kappa shape index (κ1) is 14.9. The minimum absolute atomic E-state index is 0.263. The smallest absolute Gasteiger partial charge is 0.215 e. The number of nitrogens with zero attached hydrogens (tertiary/aromatic N) is 3. The first-order chi connectivity index (χ1) is 11.9. The zero-order chi connectivity index (χ0) is 16.4. The Kier molecular flexibility index (Phi) is 4.03. The summed E-state index contributed by atoms with van der Waals surface area (Å²) >= 11 is 0. The fourth-order valence-corrected chi connectivity index (χ4v) is 3.69. The van der Waals surface area contributed by atoms with Crippen LogP contribution in [-0.2, 0) is 4.79 Å². The number of hydrogen-bond acceptors (Lipinski definition) is 2. The summed E-state index contributed by atoms with van der Waals surface area (Å²) in [4.78, 5) is 18.7. The fraction of sp³-hybridized carbons (Fsp3) is 0.300. The van der Waals surface area contributed by atoms with E-state index in [1.807, 2.05) is 51.9 Å². The van der Waals surface area contributed by atoms with Crippen LogP contribution in [0.1, 0.15) is 32.1 Å². The minimum atomic E-state index is 0.263. The molecule has 0 spiro atoms. The Morgan fingerprint density at radius 3 is 2.50 bits per heavy atom. The van der Waals surface area contributed by atoms with Gasteiger partial charge in [0, 0.05) is 17.8 Å². The van der Waals surface area contributed by atoms with Gasteiger partial charge in [-0.05, 0) is 25.0 Å². The summed E-state index contributed by atoms with van der Waals surface area (Å²) in [6, 6.07) is 16.3. The highest BCUT2D eigenvalue weighted by Gasteiger charge is 2.27. The van der Waals surface area contributed by atoms with E-state index in [1.54, 1.807) is 0 Å². The van der Waals surface area contributed by atoms with Crippen LogP contribution >= 0.6 is 0 Å². The molecule has 4 heteroatoms. The fourth-order valence-electron chi connectivity index (χ4n) is 3.69. The summed E-state index contributed by atoms with van der Waals surface area (Å²) in [5.41, 5.74) is 2.78. The number of fused-ring (bicyclic) bond motifs is 1. The van der Waals surface area contributed by atoms with Gasteiger partial charge < -0.3 is 0 Å². The molecule has 1 saturated carbocycles. The highest BCUT2D eigenvalue weighted by Crippen LogP contribution is 2.34. The molecule has 0 unspecified atom stereocenters. The average Bonchev–Trinajstić information content (AvgIpc) is 3.04. The molecule has 0 bridgehead atoms. The second-order valence-electron chi connectivity index (χ2n) is 6.38. The van der Waals surface area contributed by atoms with Crippen molar-refractivity contribution in [2.45, 2.75) is 38.1 Å². The molecule has 3 aromatic rings. The molecule has 0 saturated heterocycles. The summed E-state index contributed by atoms with van der Waals surface area (Å²) in [6.07, 6.45) is 8.74. The number of amides is 1. The number of rotatable bonds is 4. The van der Waals surface area contributed by atoms with Crippen LogP contribution in [0.4, 0.5) is 5.82 Å². The SMILES string of the molecule is O=CN(c1c(-c2ccccc2)nc2ccccn12)C1CCCCC1. The maximum Gasteiger partial charge on any atom is 0.215 e. The Morgan fingerprint density at radius 1 is 1.00 bits per heavy atom. The number of pyridine rings is 1. The van der Waals surface area contributed by atoms with Crippen molar-refractivity contribution in [1.29, 1.82) is 0 Å². The second-order valence-corrected chi connectivity index (χ2v) is 6.38. The lowest BCUT2D eigenvalue weighted by atomic mass is 9.94. The number of imidazole rings is 1. The summed E-state index contributed by atoms with van der Waals surface area (Å²) in [7, 11) is 0. The molecule has 4 nitrogen and oxygen atoms in total. The van der Waals surface area contributed by atoms with Gasteiger partial charge in [0.15, 0.2) is 0 Å². The van der Waals surface area contributed by atoms with Crippen LogP contribution in [0.15, 0.2) is 54.7 Å². The molecular weight excluding hydrogens is 298 g/mol. The van der Waals surface area contributed by atoms with Crippen molar-refractivity contribution in [2.24, 2.45) is 0 Å². The van der Waals surface area contributed by atoms with E-state index in [-0.39, 0.29) is 6.04 Å². The normalized spacial score (nSPS) is 15.5.